The van der Waals surface area contributed by atoms with Crippen LogP contribution in [0.25, 0.3) is 0 Å². The Bertz CT molecular complexity index is 594. The Balaban J connectivity index is 1.87. The number of benzene rings is 2. The zero-order chi connectivity index (χ0) is 14.4. The molecule has 2 aromatic carbocycles. The Hall–Kier alpha value is -2.11. The second-order valence-electron chi connectivity index (χ2n) is 5.09. The lowest BCUT2D eigenvalue weighted by molar-refractivity contribution is 0.576. The van der Waals surface area contributed by atoms with Gasteiger partial charge in [0, 0.05) is 6.04 Å². The fourth-order valence-corrected chi connectivity index (χ4v) is 2.28. The Morgan fingerprint density at radius 3 is 2.45 bits per heavy atom. The van der Waals surface area contributed by atoms with Crippen molar-refractivity contribution in [3.8, 4) is 6.07 Å². The fraction of sp³-hybridized carbons (Fsp3) is 0.278. The third-order valence-electron chi connectivity index (χ3n) is 3.65. The van der Waals surface area contributed by atoms with Crippen LogP contribution in [0.1, 0.15) is 35.2 Å². The van der Waals surface area contributed by atoms with Gasteiger partial charge >= 0.3 is 0 Å². The maximum atomic E-state index is 8.79. The van der Waals surface area contributed by atoms with Gasteiger partial charge in [0.15, 0.2) is 0 Å². The largest absolute Gasteiger partial charge is 0.310 e. The summed E-state index contributed by atoms with van der Waals surface area (Å²) in [6, 6.07) is 18.7. The van der Waals surface area contributed by atoms with Gasteiger partial charge in [-0.3, -0.25) is 0 Å². The molecule has 1 N–H and O–H groups in total. The van der Waals surface area contributed by atoms with Crippen molar-refractivity contribution < 1.29 is 0 Å². The summed E-state index contributed by atoms with van der Waals surface area (Å²) >= 11 is 0. The summed E-state index contributed by atoms with van der Waals surface area (Å²) in [6.45, 7) is 5.25. The molecule has 0 amide bonds. The molecule has 2 heteroatoms. The first-order chi connectivity index (χ1) is 9.70. The standard InChI is InChI=1S/C18H20N2/c1-14-5-3-4-6-17(14)11-12-20-15(2)18-9-7-16(13-19)8-10-18/h3-10,15,20H,11-12H2,1-2H3. The number of hydrogen-bond acceptors (Lipinski definition) is 2. The van der Waals surface area contributed by atoms with Crippen molar-refractivity contribution >= 4 is 0 Å². The number of nitriles is 1. The average Bonchev–Trinajstić information content (AvgIpc) is 2.49. The molecular formula is C18H20N2. The molecule has 1 atom stereocenters. The Labute approximate surface area is 121 Å². The number of aryl methyl sites for hydroxylation is 1. The van der Waals surface area contributed by atoms with Crippen LogP contribution in [0, 0.1) is 18.3 Å². The van der Waals surface area contributed by atoms with E-state index < -0.39 is 0 Å². The minimum absolute atomic E-state index is 0.298. The molecule has 2 aromatic rings. The maximum Gasteiger partial charge on any atom is 0.0991 e. The van der Waals surface area contributed by atoms with Gasteiger partial charge in [0.1, 0.15) is 0 Å². The highest BCUT2D eigenvalue weighted by molar-refractivity contribution is 5.32. The predicted octanol–water partition coefficient (Wildman–Crippen LogP) is 3.76. The van der Waals surface area contributed by atoms with Crippen LogP contribution in [0.3, 0.4) is 0 Å². The number of rotatable bonds is 5. The van der Waals surface area contributed by atoms with Crippen LogP contribution in [-0.2, 0) is 6.42 Å². The third-order valence-corrected chi connectivity index (χ3v) is 3.65. The molecule has 0 radical (unpaired) electrons. The van der Waals surface area contributed by atoms with Crippen molar-refractivity contribution in [2.24, 2.45) is 0 Å². The molecule has 2 nitrogen and oxygen atoms in total. The highest BCUT2D eigenvalue weighted by atomic mass is 14.9. The average molecular weight is 264 g/mol. The Morgan fingerprint density at radius 2 is 1.80 bits per heavy atom. The second kappa shape index (κ2) is 6.88. The van der Waals surface area contributed by atoms with E-state index in [1.54, 1.807) is 0 Å². The van der Waals surface area contributed by atoms with E-state index in [1.165, 1.54) is 16.7 Å². The van der Waals surface area contributed by atoms with Crippen LogP contribution in [0.15, 0.2) is 48.5 Å². The van der Waals surface area contributed by atoms with Crippen LogP contribution >= 0.6 is 0 Å². The summed E-state index contributed by atoms with van der Waals surface area (Å²) in [6.07, 6.45) is 1.04. The lowest BCUT2D eigenvalue weighted by Gasteiger charge is -2.15. The lowest BCUT2D eigenvalue weighted by atomic mass is 10.0. The van der Waals surface area contributed by atoms with E-state index in [0.717, 1.165) is 13.0 Å². The second-order valence-corrected chi connectivity index (χ2v) is 5.09. The normalized spacial score (nSPS) is 11.8. The summed E-state index contributed by atoms with van der Waals surface area (Å²) in [5.41, 5.74) is 4.67. The van der Waals surface area contributed by atoms with Crippen LogP contribution in [-0.4, -0.2) is 6.54 Å². The van der Waals surface area contributed by atoms with Crippen molar-refractivity contribution in [2.75, 3.05) is 6.54 Å². The SMILES string of the molecule is Cc1ccccc1CCNC(C)c1ccc(C#N)cc1. The van der Waals surface area contributed by atoms with Crippen molar-refractivity contribution in [3.05, 3.63) is 70.8 Å². The molecular weight excluding hydrogens is 244 g/mol. The van der Waals surface area contributed by atoms with E-state index in [9.17, 15) is 0 Å². The number of nitrogens with one attached hydrogen (secondary N) is 1. The number of hydrogen-bond donors (Lipinski definition) is 1. The van der Waals surface area contributed by atoms with E-state index in [0.29, 0.717) is 11.6 Å². The molecule has 20 heavy (non-hydrogen) atoms. The summed E-state index contributed by atoms with van der Waals surface area (Å²) in [7, 11) is 0. The summed E-state index contributed by atoms with van der Waals surface area (Å²) < 4.78 is 0. The van der Waals surface area contributed by atoms with E-state index >= 15 is 0 Å². The third kappa shape index (κ3) is 3.69. The van der Waals surface area contributed by atoms with Gasteiger partial charge in [0.25, 0.3) is 0 Å². The monoisotopic (exact) mass is 264 g/mol. The molecule has 2 rings (SSSR count). The van der Waals surface area contributed by atoms with E-state index in [1.807, 2.05) is 24.3 Å². The Morgan fingerprint density at radius 1 is 1.10 bits per heavy atom. The number of nitrogens with zero attached hydrogens (tertiary/aromatic N) is 1. The van der Waals surface area contributed by atoms with Crippen LogP contribution in [0.4, 0.5) is 0 Å². The molecule has 102 valence electrons. The summed E-state index contributed by atoms with van der Waals surface area (Å²) in [4.78, 5) is 0. The zero-order valence-electron chi connectivity index (χ0n) is 12.1. The van der Waals surface area contributed by atoms with Gasteiger partial charge < -0.3 is 5.32 Å². The molecule has 0 saturated heterocycles. The van der Waals surface area contributed by atoms with Crippen molar-refractivity contribution in [2.45, 2.75) is 26.3 Å². The van der Waals surface area contributed by atoms with Crippen molar-refractivity contribution in [1.29, 1.82) is 5.26 Å². The van der Waals surface area contributed by atoms with E-state index in [2.05, 4.69) is 49.5 Å². The van der Waals surface area contributed by atoms with Gasteiger partial charge in [-0.1, -0.05) is 36.4 Å². The van der Waals surface area contributed by atoms with Gasteiger partial charge in [0.05, 0.1) is 11.6 Å². The van der Waals surface area contributed by atoms with Crippen molar-refractivity contribution in [3.63, 3.8) is 0 Å². The molecule has 0 fully saturated rings. The summed E-state index contributed by atoms with van der Waals surface area (Å²) in [5, 5.41) is 12.3. The minimum atomic E-state index is 0.298. The molecule has 0 aliphatic carbocycles. The molecule has 0 aromatic heterocycles. The molecule has 1 unspecified atom stereocenters. The molecule has 0 aliphatic rings. The first-order valence-corrected chi connectivity index (χ1v) is 6.98. The van der Waals surface area contributed by atoms with Crippen LogP contribution in [0.2, 0.25) is 0 Å². The highest BCUT2D eigenvalue weighted by Gasteiger charge is 2.05. The van der Waals surface area contributed by atoms with Crippen LogP contribution in [0.5, 0.6) is 0 Å². The highest BCUT2D eigenvalue weighted by Crippen LogP contribution is 2.13. The molecule has 0 saturated carbocycles. The lowest BCUT2D eigenvalue weighted by Crippen LogP contribution is -2.21. The predicted molar refractivity (Wildman–Crippen MR) is 82.5 cm³/mol. The first-order valence-electron chi connectivity index (χ1n) is 6.98. The van der Waals surface area contributed by atoms with E-state index in [-0.39, 0.29) is 0 Å². The molecule has 0 bridgehead atoms. The summed E-state index contributed by atoms with van der Waals surface area (Å²) in [5.74, 6) is 0. The van der Waals surface area contributed by atoms with Gasteiger partial charge in [-0.15, -0.1) is 0 Å². The Kier molecular flexibility index (Phi) is 4.92. The maximum absolute atomic E-state index is 8.79. The van der Waals surface area contributed by atoms with Crippen LogP contribution < -0.4 is 5.32 Å². The van der Waals surface area contributed by atoms with Gasteiger partial charge in [-0.05, 0) is 55.6 Å². The van der Waals surface area contributed by atoms with Crippen molar-refractivity contribution in [1.82, 2.24) is 5.32 Å². The van der Waals surface area contributed by atoms with E-state index in [4.69, 9.17) is 5.26 Å². The fourth-order valence-electron chi connectivity index (χ4n) is 2.28. The van der Waals surface area contributed by atoms with Gasteiger partial charge in [0.2, 0.25) is 0 Å². The molecule has 0 heterocycles. The first kappa shape index (κ1) is 14.3. The minimum Gasteiger partial charge on any atom is -0.310 e. The zero-order valence-corrected chi connectivity index (χ0v) is 12.1. The van der Waals surface area contributed by atoms with Gasteiger partial charge in [-0.25, -0.2) is 0 Å². The smallest absolute Gasteiger partial charge is 0.0991 e. The van der Waals surface area contributed by atoms with Gasteiger partial charge in [-0.2, -0.15) is 5.26 Å². The quantitative estimate of drug-likeness (QED) is 0.892. The molecule has 0 aliphatic heterocycles. The molecule has 0 spiro atoms. The topological polar surface area (TPSA) is 35.8 Å².